The van der Waals surface area contributed by atoms with Crippen LogP contribution in [0.15, 0.2) is 24.4 Å². The zero-order valence-electron chi connectivity index (χ0n) is 10.0. The van der Waals surface area contributed by atoms with Gasteiger partial charge in [0.15, 0.2) is 0 Å². The van der Waals surface area contributed by atoms with E-state index in [2.05, 4.69) is 9.97 Å². The molecule has 1 aromatic carbocycles. The molecule has 0 spiro atoms. The molecular weight excluding hydrogens is 231 g/mol. The summed E-state index contributed by atoms with van der Waals surface area (Å²) in [5, 5.41) is 0. The van der Waals surface area contributed by atoms with Gasteiger partial charge in [0.25, 0.3) is 0 Å². The van der Waals surface area contributed by atoms with Crippen molar-refractivity contribution in [1.29, 1.82) is 0 Å². The van der Waals surface area contributed by atoms with Gasteiger partial charge in [-0.05, 0) is 31.0 Å². The summed E-state index contributed by atoms with van der Waals surface area (Å²) < 4.78 is 13.3. The molecule has 0 aliphatic carbocycles. The molecule has 92 valence electrons. The predicted molar refractivity (Wildman–Crippen MR) is 68.3 cm³/mol. The molecule has 0 fully saturated rings. The number of benzene rings is 1. The Morgan fingerprint density at radius 1 is 1.39 bits per heavy atom. The molecule has 0 saturated carbocycles. The average Bonchev–Trinajstić information content (AvgIpc) is 2.75. The topological polar surface area (TPSA) is 55.0 Å². The minimum atomic E-state index is -0.236. The molecule has 3 rings (SSSR count). The van der Waals surface area contributed by atoms with E-state index < -0.39 is 0 Å². The first-order valence-corrected chi connectivity index (χ1v) is 5.80. The summed E-state index contributed by atoms with van der Waals surface area (Å²) >= 11 is 0. The van der Waals surface area contributed by atoms with Crippen LogP contribution in [0.2, 0.25) is 0 Å². The number of aromatic nitrogens is 2. The van der Waals surface area contributed by atoms with Gasteiger partial charge < -0.3 is 10.6 Å². The van der Waals surface area contributed by atoms with Crippen LogP contribution in [-0.2, 0) is 6.42 Å². The van der Waals surface area contributed by atoms with Gasteiger partial charge in [-0.2, -0.15) is 4.98 Å². The quantitative estimate of drug-likeness (QED) is 0.835. The number of hydrogen-bond acceptors (Lipinski definition) is 4. The lowest BCUT2D eigenvalue weighted by atomic mass is 10.1. The van der Waals surface area contributed by atoms with Gasteiger partial charge in [0.1, 0.15) is 11.6 Å². The molecule has 0 amide bonds. The normalized spacial score (nSPS) is 13.8. The van der Waals surface area contributed by atoms with Gasteiger partial charge in [0.05, 0.1) is 0 Å². The van der Waals surface area contributed by atoms with E-state index >= 15 is 0 Å². The first-order chi connectivity index (χ1) is 8.65. The minimum absolute atomic E-state index is 0.236. The molecule has 2 heterocycles. The van der Waals surface area contributed by atoms with Crippen LogP contribution in [0.3, 0.4) is 0 Å². The second kappa shape index (κ2) is 3.94. The van der Waals surface area contributed by atoms with E-state index in [-0.39, 0.29) is 11.8 Å². The van der Waals surface area contributed by atoms with Gasteiger partial charge in [-0.1, -0.05) is 6.07 Å². The number of rotatable bonds is 1. The lowest BCUT2D eigenvalue weighted by molar-refractivity contribution is 0.628. The van der Waals surface area contributed by atoms with Crippen LogP contribution in [0, 0.1) is 12.7 Å². The lowest BCUT2D eigenvalue weighted by Crippen LogP contribution is -2.17. The Balaban J connectivity index is 2.11. The maximum atomic E-state index is 13.3. The van der Waals surface area contributed by atoms with Crippen LogP contribution in [0.25, 0.3) is 0 Å². The first kappa shape index (κ1) is 11.0. The summed E-state index contributed by atoms with van der Waals surface area (Å²) in [4.78, 5) is 10.2. The van der Waals surface area contributed by atoms with E-state index in [0.717, 1.165) is 35.6 Å². The van der Waals surface area contributed by atoms with E-state index in [1.54, 1.807) is 12.3 Å². The van der Waals surface area contributed by atoms with E-state index in [1.807, 2.05) is 17.9 Å². The maximum Gasteiger partial charge on any atom is 0.221 e. The Kier molecular flexibility index (Phi) is 2.40. The Labute approximate surface area is 104 Å². The molecule has 1 aromatic heterocycles. The Hall–Kier alpha value is -2.17. The van der Waals surface area contributed by atoms with Gasteiger partial charge in [-0.25, -0.2) is 9.37 Å². The molecule has 0 unspecified atom stereocenters. The summed E-state index contributed by atoms with van der Waals surface area (Å²) in [6.45, 7) is 2.71. The third-order valence-electron chi connectivity index (χ3n) is 3.16. The number of nitrogen functional groups attached to an aromatic ring is 1. The monoisotopic (exact) mass is 244 g/mol. The molecule has 1 aliphatic rings. The number of halogens is 1. The highest BCUT2D eigenvalue weighted by Crippen LogP contribution is 2.35. The van der Waals surface area contributed by atoms with E-state index in [0.29, 0.717) is 0 Å². The molecule has 5 heteroatoms. The molecule has 0 saturated heterocycles. The van der Waals surface area contributed by atoms with Crippen molar-refractivity contribution in [3.63, 3.8) is 0 Å². The average molecular weight is 244 g/mol. The van der Waals surface area contributed by atoms with E-state index in [1.165, 1.54) is 6.07 Å². The van der Waals surface area contributed by atoms with Crippen LogP contribution < -0.4 is 10.6 Å². The molecule has 0 atom stereocenters. The number of fused-ring (bicyclic) bond motifs is 1. The summed E-state index contributed by atoms with van der Waals surface area (Å²) in [6.07, 6.45) is 2.58. The van der Waals surface area contributed by atoms with Crippen molar-refractivity contribution in [2.75, 3.05) is 17.2 Å². The predicted octanol–water partition coefficient (Wildman–Crippen LogP) is 2.20. The van der Waals surface area contributed by atoms with Gasteiger partial charge in [0, 0.05) is 24.0 Å². The summed E-state index contributed by atoms with van der Waals surface area (Å²) in [6, 6.07) is 4.86. The Morgan fingerprint density at radius 3 is 3.06 bits per heavy atom. The standard InChI is InChI=1S/C13H13FN4/c1-8-7-16-13(15)17-12(8)18-5-4-9-2-3-10(14)6-11(9)18/h2-3,6-7H,4-5H2,1H3,(H2,15,16,17). The smallest absolute Gasteiger partial charge is 0.221 e. The molecule has 2 aromatic rings. The third-order valence-corrected chi connectivity index (χ3v) is 3.16. The zero-order valence-corrected chi connectivity index (χ0v) is 10.0. The molecule has 2 N–H and O–H groups in total. The van der Waals surface area contributed by atoms with E-state index in [9.17, 15) is 4.39 Å². The number of aryl methyl sites for hydroxylation is 1. The van der Waals surface area contributed by atoms with Gasteiger partial charge >= 0.3 is 0 Å². The van der Waals surface area contributed by atoms with Crippen LogP contribution in [-0.4, -0.2) is 16.5 Å². The number of anilines is 3. The van der Waals surface area contributed by atoms with Crippen molar-refractivity contribution in [3.05, 3.63) is 41.3 Å². The first-order valence-electron chi connectivity index (χ1n) is 5.80. The van der Waals surface area contributed by atoms with Crippen molar-refractivity contribution in [2.45, 2.75) is 13.3 Å². The van der Waals surface area contributed by atoms with Gasteiger partial charge in [-0.15, -0.1) is 0 Å². The molecule has 18 heavy (non-hydrogen) atoms. The van der Waals surface area contributed by atoms with E-state index in [4.69, 9.17) is 5.73 Å². The lowest BCUT2D eigenvalue weighted by Gasteiger charge is -2.20. The summed E-state index contributed by atoms with van der Waals surface area (Å²) in [5.41, 5.74) is 8.56. The SMILES string of the molecule is Cc1cnc(N)nc1N1CCc2ccc(F)cc21. The largest absolute Gasteiger partial charge is 0.368 e. The molecule has 1 aliphatic heterocycles. The Morgan fingerprint density at radius 2 is 2.22 bits per heavy atom. The van der Waals surface area contributed by atoms with Gasteiger partial charge in [0.2, 0.25) is 5.95 Å². The number of hydrogen-bond donors (Lipinski definition) is 1. The fourth-order valence-electron chi connectivity index (χ4n) is 2.29. The second-order valence-corrected chi connectivity index (χ2v) is 4.41. The number of nitrogens with zero attached hydrogens (tertiary/aromatic N) is 3. The van der Waals surface area contributed by atoms with Crippen LogP contribution in [0.4, 0.5) is 21.8 Å². The fourth-order valence-corrected chi connectivity index (χ4v) is 2.29. The summed E-state index contributed by atoms with van der Waals surface area (Å²) in [5.74, 6) is 0.757. The molecule has 4 nitrogen and oxygen atoms in total. The van der Waals surface area contributed by atoms with Crippen molar-refractivity contribution < 1.29 is 4.39 Å². The zero-order chi connectivity index (χ0) is 12.7. The highest BCUT2D eigenvalue weighted by atomic mass is 19.1. The second-order valence-electron chi connectivity index (χ2n) is 4.41. The fraction of sp³-hybridized carbons (Fsp3) is 0.231. The third kappa shape index (κ3) is 1.68. The van der Waals surface area contributed by atoms with Crippen molar-refractivity contribution in [2.24, 2.45) is 0 Å². The highest BCUT2D eigenvalue weighted by Gasteiger charge is 2.23. The molecule has 0 bridgehead atoms. The maximum absolute atomic E-state index is 13.3. The van der Waals surface area contributed by atoms with Crippen LogP contribution in [0.1, 0.15) is 11.1 Å². The number of nitrogens with two attached hydrogens (primary N) is 1. The molecule has 0 radical (unpaired) electrons. The Bertz CT molecular complexity index is 612. The van der Waals surface area contributed by atoms with Crippen molar-refractivity contribution in [1.82, 2.24) is 9.97 Å². The van der Waals surface area contributed by atoms with Crippen molar-refractivity contribution >= 4 is 17.5 Å². The van der Waals surface area contributed by atoms with Crippen molar-refractivity contribution in [3.8, 4) is 0 Å². The molecular formula is C13H13FN4. The highest BCUT2D eigenvalue weighted by molar-refractivity contribution is 5.69. The van der Waals surface area contributed by atoms with Gasteiger partial charge in [-0.3, -0.25) is 0 Å². The van der Waals surface area contributed by atoms with Crippen LogP contribution >= 0.6 is 0 Å². The minimum Gasteiger partial charge on any atom is -0.368 e. The summed E-state index contributed by atoms with van der Waals surface area (Å²) in [7, 11) is 0. The van der Waals surface area contributed by atoms with Crippen LogP contribution in [0.5, 0.6) is 0 Å².